The van der Waals surface area contributed by atoms with Crippen molar-refractivity contribution in [2.75, 3.05) is 68.6 Å². The lowest BCUT2D eigenvalue weighted by Gasteiger charge is -2.28. The molecule has 2 amide bonds. The lowest BCUT2D eigenvalue weighted by atomic mass is 10.1. The van der Waals surface area contributed by atoms with E-state index in [9.17, 15) is 14.4 Å². The van der Waals surface area contributed by atoms with Gasteiger partial charge in [0.25, 0.3) is 11.8 Å². The number of aromatic nitrogens is 2. The minimum atomic E-state index is -0.753. The van der Waals surface area contributed by atoms with Gasteiger partial charge in [-0.25, -0.2) is 4.79 Å². The zero-order valence-electron chi connectivity index (χ0n) is 24.7. The number of hydrogen-bond donors (Lipinski definition) is 2. The molecule has 236 valence electrons. The third-order valence-electron chi connectivity index (χ3n) is 7.94. The molecule has 1 atom stereocenters. The molecule has 4 heterocycles. The highest BCUT2D eigenvalue weighted by atomic mass is 35.5. The molecule has 2 saturated heterocycles. The Balaban J connectivity index is 1.25. The summed E-state index contributed by atoms with van der Waals surface area (Å²) in [7, 11) is 0. The Morgan fingerprint density at radius 2 is 1.71 bits per heavy atom. The van der Waals surface area contributed by atoms with E-state index in [0.717, 1.165) is 66.3 Å². The highest BCUT2D eigenvalue weighted by molar-refractivity contribution is 7.21. The van der Waals surface area contributed by atoms with Crippen molar-refractivity contribution >= 4 is 62.6 Å². The summed E-state index contributed by atoms with van der Waals surface area (Å²) in [6, 6.07) is 18.6. The molecular weight excluding hydrogens is 616 g/mol. The number of ether oxygens (including phenoxy) is 2. The lowest BCUT2D eigenvalue weighted by molar-refractivity contribution is 0.0930. The number of nitrogens with zero attached hydrogens (tertiary/aromatic N) is 4. The number of thiophene rings is 1. The van der Waals surface area contributed by atoms with E-state index in [-0.39, 0.29) is 30.3 Å². The highest BCUT2D eigenvalue weighted by Gasteiger charge is 2.26. The summed E-state index contributed by atoms with van der Waals surface area (Å²) in [5, 5.41) is 10.4. The number of amides is 2. The average Bonchev–Trinajstić information content (AvgIpc) is 3.83. The topological polar surface area (TPSA) is 118 Å². The molecule has 45 heavy (non-hydrogen) atoms. The first-order chi connectivity index (χ1) is 22.0. The molecule has 2 aliphatic rings. The standard InChI is InChI=1S/C32H35ClN6O5S/c33-12-17-44-32(42)39-26-20-27(31(41)34-25(21-37-13-4-5-14-37)22-6-2-1-3-7-22)45-28(26)29(36-39)35-30(40)23-8-10-24(11-9-23)38-15-18-43-19-16-38/h1-3,6-11,20,25H,4-5,12-19,21H2,(H,34,41)(H,35,36,40)/t25-/m1/s1. The fourth-order valence-corrected chi connectivity index (χ4v) is 6.68. The van der Waals surface area contributed by atoms with Crippen LogP contribution in [0.4, 0.5) is 16.3 Å². The zero-order valence-corrected chi connectivity index (χ0v) is 26.3. The van der Waals surface area contributed by atoms with Crippen LogP contribution in [0.3, 0.4) is 0 Å². The first-order valence-electron chi connectivity index (χ1n) is 15.1. The molecule has 6 rings (SSSR count). The maximum absolute atomic E-state index is 13.7. The summed E-state index contributed by atoms with van der Waals surface area (Å²) in [5.74, 6) is -0.384. The van der Waals surface area contributed by atoms with Crippen LogP contribution in [0.25, 0.3) is 10.2 Å². The van der Waals surface area contributed by atoms with Gasteiger partial charge in [0.1, 0.15) is 6.61 Å². The van der Waals surface area contributed by atoms with Crippen LogP contribution in [-0.4, -0.2) is 91.0 Å². The van der Waals surface area contributed by atoms with Gasteiger partial charge < -0.3 is 29.9 Å². The fourth-order valence-electron chi connectivity index (χ4n) is 5.62. The number of alkyl halides is 1. The summed E-state index contributed by atoms with van der Waals surface area (Å²) in [6.45, 7) is 5.61. The number of anilines is 2. The van der Waals surface area contributed by atoms with Crippen LogP contribution in [-0.2, 0) is 9.47 Å². The van der Waals surface area contributed by atoms with Crippen molar-refractivity contribution in [2.24, 2.45) is 0 Å². The molecule has 0 aliphatic carbocycles. The fraction of sp³-hybridized carbons (Fsp3) is 0.375. The third kappa shape index (κ3) is 7.30. The number of nitrogens with one attached hydrogen (secondary N) is 2. The molecule has 2 aliphatic heterocycles. The molecule has 0 saturated carbocycles. The van der Waals surface area contributed by atoms with Crippen molar-refractivity contribution in [3.05, 3.63) is 76.7 Å². The Morgan fingerprint density at radius 1 is 0.978 bits per heavy atom. The predicted octanol–water partition coefficient (Wildman–Crippen LogP) is 4.98. The van der Waals surface area contributed by atoms with Gasteiger partial charge in [0.2, 0.25) is 0 Å². The minimum Gasteiger partial charge on any atom is -0.447 e. The van der Waals surface area contributed by atoms with Crippen LogP contribution in [0.1, 0.15) is 44.5 Å². The third-order valence-corrected chi connectivity index (χ3v) is 9.22. The Kier molecular flexibility index (Phi) is 9.94. The number of benzene rings is 2. The van der Waals surface area contributed by atoms with E-state index in [0.29, 0.717) is 40.4 Å². The van der Waals surface area contributed by atoms with Crippen LogP contribution in [0.5, 0.6) is 0 Å². The van der Waals surface area contributed by atoms with Crippen LogP contribution >= 0.6 is 22.9 Å². The molecule has 2 aromatic heterocycles. The van der Waals surface area contributed by atoms with Gasteiger partial charge in [0, 0.05) is 30.9 Å². The van der Waals surface area contributed by atoms with E-state index in [2.05, 4.69) is 25.5 Å². The second kappa shape index (κ2) is 14.4. The number of hydrogen-bond acceptors (Lipinski definition) is 9. The Labute approximate surface area is 270 Å². The van der Waals surface area contributed by atoms with E-state index in [1.807, 2.05) is 42.5 Å². The second-order valence-corrected chi connectivity index (χ2v) is 12.4. The van der Waals surface area contributed by atoms with Crippen molar-refractivity contribution in [3.63, 3.8) is 0 Å². The summed E-state index contributed by atoms with van der Waals surface area (Å²) in [6.07, 6.45) is 1.54. The summed E-state index contributed by atoms with van der Waals surface area (Å²) >= 11 is 6.89. The van der Waals surface area contributed by atoms with Gasteiger partial charge in [-0.2, -0.15) is 4.68 Å². The average molecular weight is 651 g/mol. The Hall–Kier alpha value is -3.97. The maximum Gasteiger partial charge on any atom is 0.435 e. The number of halogens is 1. The van der Waals surface area contributed by atoms with Gasteiger partial charge in [0.05, 0.1) is 40.2 Å². The molecule has 2 fully saturated rings. The number of morpholine rings is 1. The second-order valence-electron chi connectivity index (χ2n) is 10.9. The quantitative estimate of drug-likeness (QED) is 0.231. The number of carbonyl (C=O) groups is 3. The number of fused-ring (bicyclic) bond motifs is 1. The minimum absolute atomic E-state index is 0.00827. The SMILES string of the molecule is O=C(Nc1nn(C(=O)OCCCl)c2cc(C(=O)N[C@H](CN3CCCC3)c3ccccc3)sc12)c1ccc(N2CCOCC2)cc1. The molecule has 0 bridgehead atoms. The van der Waals surface area contributed by atoms with Gasteiger partial charge in [-0.05, 0) is 61.8 Å². The number of rotatable bonds is 10. The van der Waals surface area contributed by atoms with Gasteiger partial charge in [-0.15, -0.1) is 28.0 Å². The number of carbonyl (C=O) groups excluding carboxylic acids is 3. The van der Waals surface area contributed by atoms with Crippen molar-refractivity contribution in [2.45, 2.75) is 18.9 Å². The van der Waals surface area contributed by atoms with Gasteiger partial charge >= 0.3 is 6.09 Å². The molecule has 2 N–H and O–H groups in total. The van der Waals surface area contributed by atoms with Crippen LogP contribution < -0.4 is 15.5 Å². The predicted molar refractivity (Wildman–Crippen MR) is 175 cm³/mol. The number of likely N-dealkylation sites (tertiary alicyclic amines) is 1. The van der Waals surface area contributed by atoms with Crippen LogP contribution in [0.15, 0.2) is 60.7 Å². The van der Waals surface area contributed by atoms with Crippen molar-refractivity contribution in [1.82, 2.24) is 20.0 Å². The van der Waals surface area contributed by atoms with E-state index in [1.54, 1.807) is 18.2 Å². The molecule has 0 spiro atoms. The van der Waals surface area contributed by atoms with Gasteiger partial charge in [-0.3, -0.25) is 9.59 Å². The Bertz CT molecular complexity index is 1630. The molecule has 0 radical (unpaired) electrons. The molecular formula is C32H35ClN6O5S. The summed E-state index contributed by atoms with van der Waals surface area (Å²) in [5.41, 5.74) is 2.82. The zero-order chi connectivity index (χ0) is 31.2. The van der Waals surface area contributed by atoms with E-state index in [4.69, 9.17) is 21.1 Å². The van der Waals surface area contributed by atoms with Crippen LogP contribution in [0.2, 0.25) is 0 Å². The highest BCUT2D eigenvalue weighted by Crippen LogP contribution is 2.33. The van der Waals surface area contributed by atoms with Crippen molar-refractivity contribution in [1.29, 1.82) is 0 Å². The summed E-state index contributed by atoms with van der Waals surface area (Å²) in [4.78, 5) is 44.8. The van der Waals surface area contributed by atoms with E-state index in [1.165, 1.54) is 0 Å². The smallest absolute Gasteiger partial charge is 0.435 e. The van der Waals surface area contributed by atoms with Crippen molar-refractivity contribution in [3.8, 4) is 0 Å². The largest absolute Gasteiger partial charge is 0.447 e. The molecule has 11 nitrogen and oxygen atoms in total. The van der Waals surface area contributed by atoms with E-state index >= 15 is 0 Å². The molecule has 13 heteroatoms. The maximum atomic E-state index is 13.7. The van der Waals surface area contributed by atoms with E-state index < -0.39 is 12.0 Å². The van der Waals surface area contributed by atoms with Gasteiger partial charge in [0.15, 0.2) is 5.82 Å². The van der Waals surface area contributed by atoms with Gasteiger partial charge in [-0.1, -0.05) is 30.3 Å². The lowest BCUT2D eigenvalue weighted by Crippen LogP contribution is -2.36. The monoisotopic (exact) mass is 650 g/mol. The van der Waals surface area contributed by atoms with Crippen molar-refractivity contribution < 1.29 is 23.9 Å². The van der Waals surface area contributed by atoms with Crippen LogP contribution in [0, 0.1) is 0 Å². The molecule has 0 unspecified atom stereocenters. The first-order valence-corrected chi connectivity index (χ1v) is 16.4. The first kappa shape index (κ1) is 31.0. The summed E-state index contributed by atoms with van der Waals surface area (Å²) < 4.78 is 12.2. The molecule has 2 aromatic carbocycles. The molecule has 4 aromatic rings. The Morgan fingerprint density at radius 3 is 2.42 bits per heavy atom. The normalized spacial score (nSPS) is 16.1.